The molecule has 0 radical (unpaired) electrons. The van der Waals surface area contributed by atoms with Crippen molar-refractivity contribution in [3.63, 3.8) is 0 Å². The number of carbonyl (C=O) groups is 2. The molecule has 4 rings (SSSR count). The van der Waals surface area contributed by atoms with Crippen LogP contribution in [0.3, 0.4) is 0 Å². The Morgan fingerprint density at radius 2 is 1.80 bits per heavy atom. The summed E-state index contributed by atoms with van der Waals surface area (Å²) in [4.78, 5) is 31.3. The van der Waals surface area contributed by atoms with E-state index < -0.39 is 6.04 Å². The molecule has 1 unspecified atom stereocenters. The van der Waals surface area contributed by atoms with Crippen molar-refractivity contribution in [2.75, 3.05) is 27.2 Å². The van der Waals surface area contributed by atoms with Gasteiger partial charge in [-0.25, -0.2) is 0 Å². The smallest absolute Gasteiger partial charge is 0.245 e. The highest BCUT2D eigenvalue weighted by Crippen LogP contribution is 2.43. The lowest BCUT2D eigenvalue weighted by molar-refractivity contribution is -0.140. The number of benzene rings is 1. The van der Waals surface area contributed by atoms with Gasteiger partial charge in [-0.05, 0) is 56.3 Å². The summed E-state index contributed by atoms with van der Waals surface area (Å²) in [6, 6.07) is 8.00. The summed E-state index contributed by atoms with van der Waals surface area (Å²) in [5, 5.41) is 3.23. The molecule has 1 N–H and O–H groups in total. The molecule has 0 aromatic heterocycles. The topological polar surface area (TPSA) is 52.7 Å². The van der Waals surface area contributed by atoms with Gasteiger partial charge in [-0.3, -0.25) is 14.5 Å². The van der Waals surface area contributed by atoms with Gasteiger partial charge in [0.25, 0.3) is 0 Å². The molecule has 5 nitrogen and oxygen atoms in total. The van der Waals surface area contributed by atoms with E-state index in [9.17, 15) is 9.59 Å². The number of likely N-dealkylation sites (tertiary alicyclic amines) is 1. The molecule has 1 aromatic rings. The highest BCUT2D eigenvalue weighted by atomic mass is 16.2. The van der Waals surface area contributed by atoms with Crippen molar-refractivity contribution in [2.45, 2.75) is 89.1 Å². The molecule has 1 heterocycles. The average molecular weight is 480 g/mol. The van der Waals surface area contributed by atoms with Crippen molar-refractivity contribution in [3.8, 4) is 0 Å². The highest BCUT2D eigenvalue weighted by molar-refractivity contribution is 5.90. The molecule has 2 aliphatic carbocycles. The van der Waals surface area contributed by atoms with E-state index in [1.807, 2.05) is 23.9 Å². The average Bonchev–Trinajstić information content (AvgIpc) is 3.23. The molecule has 0 bridgehead atoms. The second-order valence-electron chi connectivity index (χ2n) is 11.5. The molecule has 2 amide bonds. The third-order valence-electron chi connectivity index (χ3n) is 9.03. The molecule has 1 aromatic carbocycles. The summed E-state index contributed by atoms with van der Waals surface area (Å²) in [6.07, 6.45) is 14.5. The maximum Gasteiger partial charge on any atom is 0.245 e. The number of carbonyl (C=O) groups excluding carboxylic acids is 2. The number of rotatable bonds is 8. The van der Waals surface area contributed by atoms with Gasteiger partial charge in [0.2, 0.25) is 11.8 Å². The van der Waals surface area contributed by atoms with Gasteiger partial charge in [-0.15, -0.1) is 0 Å². The van der Waals surface area contributed by atoms with Gasteiger partial charge < -0.3 is 10.2 Å². The van der Waals surface area contributed by atoms with E-state index in [1.54, 1.807) is 0 Å². The first-order valence-electron chi connectivity index (χ1n) is 13.9. The molecule has 1 spiro atoms. The van der Waals surface area contributed by atoms with Gasteiger partial charge in [-0.2, -0.15) is 0 Å². The summed E-state index contributed by atoms with van der Waals surface area (Å²) in [5.41, 5.74) is 2.76. The van der Waals surface area contributed by atoms with E-state index in [2.05, 4.69) is 55.6 Å². The van der Waals surface area contributed by atoms with Crippen LogP contribution in [0.15, 0.2) is 30.3 Å². The molecule has 1 saturated carbocycles. The van der Waals surface area contributed by atoms with Crippen LogP contribution in [0.4, 0.5) is 0 Å². The Morgan fingerprint density at radius 1 is 1.11 bits per heavy atom. The quantitative estimate of drug-likeness (QED) is 0.571. The minimum Gasteiger partial charge on any atom is -0.343 e. The Labute approximate surface area is 212 Å². The second-order valence-corrected chi connectivity index (χ2v) is 11.5. The highest BCUT2D eigenvalue weighted by Gasteiger charge is 2.41. The van der Waals surface area contributed by atoms with Crippen molar-refractivity contribution >= 4 is 17.9 Å². The van der Waals surface area contributed by atoms with Crippen LogP contribution >= 0.6 is 0 Å². The van der Waals surface area contributed by atoms with Gasteiger partial charge >= 0.3 is 0 Å². The summed E-state index contributed by atoms with van der Waals surface area (Å²) in [6.45, 7) is 5.67. The number of hydrogen-bond donors (Lipinski definition) is 1. The normalized spacial score (nSPS) is 22.1. The molecule has 3 atom stereocenters. The van der Waals surface area contributed by atoms with E-state index >= 15 is 0 Å². The van der Waals surface area contributed by atoms with Crippen LogP contribution < -0.4 is 5.32 Å². The van der Waals surface area contributed by atoms with Crippen molar-refractivity contribution in [2.24, 2.45) is 11.8 Å². The Kier molecular flexibility index (Phi) is 8.36. The fourth-order valence-electron chi connectivity index (χ4n) is 6.42. The number of nitrogens with one attached hydrogen (secondary N) is 1. The van der Waals surface area contributed by atoms with Gasteiger partial charge in [0.15, 0.2) is 0 Å². The summed E-state index contributed by atoms with van der Waals surface area (Å²) >= 11 is 0. The number of likely N-dealkylation sites (N-methyl/N-ethyl adjacent to an activating group) is 1. The van der Waals surface area contributed by atoms with Crippen molar-refractivity contribution in [3.05, 3.63) is 41.5 Å². The SMILES string of the molecule is CC[C@H](C)C(NC(=O)[C@H](CC1CCCCC1)N(C)C)C(=O)N1CCC2(C=Cc3ccccc32)CC1. The minimum absolute atomic E-state index is 0.0142. The maximum absolute atomic E-state index is 13.7. The van der Waals surface area contributed by atoms with Crippen LogP contribution in [0.25, 0.3) is 6.08 Å². The van der Waals surface area contributed by atoms with Crippen LogP contribution in [0, 0.1) is 11.8 Å². The Hall–Kier alpha value is -2.14. The fourth-order valence-corrected chi connectivity index (χ4v) is 6.42. The van der Waals surface area contributed by atoms with Gasteiger partial charge in [0.05, 0.1) is 6.04 Å². The van der Waals surface area contributed by atoms with Crippen LogP contribution in [-0.2, 0) is 15.0 Å². The molecule has 2 fully saturated rings. The number of hydrogen-bond acceptors (Lipinski definition) is 3. The Morgan fingerprint density at radius 3 is 2.46 bits per heavy atom. The van der Waals surface area contributed by atoms with E-state index in [1.165, 1.54) is 43.2 Å². The van der Waals surface area contributed by atoms with Crippen molar-refractivity contribution in [1.29, 1.82) is 0 Å². The Bertz CT molecular complexity index is 910. The zero-order valence-electron chi connectivity index (χ0n) is 22.3. The summed E-state index contributed by atoms with van der Waals surface area (Å²) in [5.74, 6) is 0.820. The lowest BCUT2D eigenvalue weighted by atomic mass is 9.74. The summed E-state index contributed by atoms with van der Waals surface area (Å²) in [7, 11) is 3.98. The maximum atomic E-state index is 13.7. The van der Waals surface area contributed by atoms with Gasteiger partial charge in [0.1, 0.15) is 6.04 Å². The zero-order chi connectivity index (χ0) is 25.0. The predicted molar refractivity (Wildman–Crippen MR) is 143 cm³/mol. The van der Waals surface area contributed by atoms with Gasteiger partial charge in [0, 0.05) is 18.5 Å². The fraction of sp³-hybridized carbons (Fsp3) is 0.667. The molecule has 192 valence electrons. The second kappa shape index (κ2) is 11.3. The monoisotopic (exact) mass is 479 g/mol. The largest absolute Gasteiger partial charge is 0.343 e. The third kappa shape index (κ3) is 5.66. The molecular weight excluding hydrogens is 434 g/mol. The number of fused-ring (bicyclic) bond motifs is 2. The number of piperidine rings is 1. The lowest BCUT2D eigenvalue weighted by Gasteiger charge is -2.41. The predicted octanol–water partition coefficient (Wildman–Crippen LogP) is 5.01. The molecule has 5 heteroatoms. The number of allylic oxidation sites excluding steroid dienone is 1. The Balaban J connectivity index is 1.41. The molecule has 3 aliphatic rings. The van der Waals surface area contributed by atoms with E-state index in [4.69, 9.17) is 0 Å². The van der Waals surface area contributed by atoms with Crippen LogP contribution in [0.1, 0.15) is 82.8 Å². The number of nitrogens with zero attached hydrogens (tertiary/aromatic N) is 2. The molecular formula is C30H45N3O2. The standard InChI is InChI=1S/C30H45N3O2/c1-5-22(2)27(31-28(34)26(32(3)4)21-23-11-7-6-8-12-23)29(35)33-19-17-30(18-20-33)16-15-24-13-9-10-14-25(24)30/h9-10,13-16,22-23,26-27H,5-8,11-12,17-21H2,1-4H3,(H,31,34)/t22-,26-,27?/m0/s1. The van der Waals surface area contributed by atoms with E-state index in [-0.39, 0.29) is 29.2 Å². The van der Waals surface area contributed by atoms with Gasteiger partial charge in [-0.1, -0.05) is 88.8 Å². The third-order valence-corrected chi connectivity index (χ3v) is 9.03. The molecule has 1 aliphatic heterocycles. The van der Waals surface area contributed by atoms with E-state index in [0.29, 0.717) is 5.92 Å². The molecule has 1 saturated heterocycles. The zero-order valence-corrected chi connectivity index (χ0v) is 22.3. The minimum atomic E-state index is -0.457. The molecule has 35 heavy (non-hydrogen) atoms. The van der Waals surface area contributed by atoms with Crippen molar-refractivity contribution < 1.29 is 9.59 Å². The van der Waals surface area contributed by atoms with Crippen LogP contribution in [-0.4, -0.2) is 60.9 Å². The van der Waals surface area contributed by atoms with Crippen molar-refractivity contribution in [1.82, 2.24) is 15.1 Å². The lowest BCUT2D eigenvalue weighted by Crippen LogP contribution is -2.57. The number of amides is 2. The summed E-state index contributed by atoms with van der Waals surface area (Å²) < 4.78 is 0. The van der Waals surface area contributed by atoms with E-state index in [0.717, 1.165) is 38.8 Å². The first-order chi connectivity index (χ1) is 16.8. The van der Waals surface area contributed by atoms with Crippen LogP contribution in [0.5, 0.6) is 0 Å². The van der Waals surface area contributed by atoms with Crippen LogP contribution in [0.2, 0.25) is 0 Å². The first kappa shape index (κ1) is 25.9. The first-order valence-corrected chi connectivity index (χ1v) is 13.9.